The average molecular weight is 281 g/mol. The highest BCUT2D eigenvalue weighted by molar-refractivity contribution is 7.98. The van der Waals surface area contributed by atoms with Gasteiger partial charge in [-0.25, -0.2) is 9.97 Å². The van der Waals surface area contributed by atoms with Crippen LogP contribution >= 0.6 is 23.4 Å². The van der Waals surface area contributed by atoms with E-state index in [1.54, 1.807) is 24.9 Å². The van der Waals surface area contributed by atoms with E-state index in [0.29, 0.717) is 11.0 Å². The van der Waals surface area contributed by atoms with Gasteiger partial charge >= 0.3 is 0 Å². The predicted molar refractivity (Wildman–Crippen MR) is 74.3 cm³/mol. The van der Waals surface area contributed by atoms with Crippen LogP contribution in [0.4, 0.5) is 0 Å². The number of para-hydroxylation sites is 1. The molecule has 0 unspecified atom stereocenters. The van der Waals surface area contributed by atoms with Crippen molar-refractivity contribution in [2.75, 3.05) is 7.11 Å². The molecule has 3 nitrogen and oxygen atoms in total. The highest BCUT2D eigenvalue weighted by atomic mass is 35.5. The summed E-state index contributed by atoms with van der Waals surface area (Å²) in [5.41, 5.74) is 1.14. The number of benzene rings is 1. The first-order valence-electron chi connectivity index (χ1n) is 5.45. The summed E-state index contributed by atoms with van der Waals surface area (Å²) in [5.74, 6) is 2.36. The van der Waals surface area contributed by atoms with E-state index in [2.05, 4.69) is 9.97 Å². The van der Waals surface area contributed by atoms with Gasteiger partial charge in [-0.15, -0.1) is 11.8 Å². The third kappa shape index (κ3) is 3.37. The van der Waals surface area contributed by atoms with Crippen molar-refractivity contribution in [2.45, 2.75) is 17.7 Å². The Bertz CT molecular complexity index is 528. The minimum Gasteiger partial charge on any atom is -0.496 e. The van der Waals surface area contributed by atoms with Crippen molar-refractivity contribution in [1.29, 1.82) is 0 Å². The van der Waals surface area contributed by atoms with Crippen LogP contribution in [0.25, 0.3) is 0 Å². The summed E-state index contributed by atoms with van der Waals surface area (Å²) in [7, 11) is 1.68. The van der Waals surface area contributed by atoms with Crippen LogP contribution in [0.3, 0.4) is 0 Å². The first kappa shape index (κ1) is 13.2. The fraction of sp³-hybridized carbons (Fsp3) is 0.231. The quantitative estimate of drug-likeness (QED) is 0.631. The van der Waals surface area contributed by atoms with Gasteiger partial charge in [-0.1, -0.05) is 29.8 Å². The molecule has 0 atom stereocenters. The number of ether oxygens (including phenoxy) is 1. The highest BCUT2D eigenvalue weighted by Gasteiger charge is 2.05. The number of halogens is 1. The Morgan fingerprint density at radius 3 is 2.78 bits per heavy atom. The fourth-order valence-corrected chi connectivity index (χ4v) is 2.78. The van der Waals surface area contributed by atoms with Crippen LogP contribution in [-0.4, -0.2) is 17.1 Å². The molecule has 0 amide bonds. The lowest BCUT2D eigenvalue weighted by Gasteiger charge is -2.07. The molecule has 0 bridgehead atoms. The molecule has 1 aromatic heterocycles. The molecule has 0 fully saturated rings. The standard InChI is InChI=1S/C13H13ClN2OS/c1-9-15-12(14)7-13(16-9)18-8-10-5-3-4-6-11(10)17-2/h3-7H,8H2,1-2H3. The largest absolute Gasteiger partial charge is 0.496 e. The van der Waals surface area contributed by atoms with E-state index >= 15 is 0 Å². The molecule has 0 aliphatic carbocycles. The van der Waals surface area contributed by atoms with Gasteiger partial charge in [0, 0.05) is 17.4 Å². The lowest BCUT2D eigenvalue weighted by atomic mass is 10.2. The summed E-state index contributed by atoms with van der Waals surface area (Å²) >= 11 is 7.52. The van der Waals surface area contributed by atoms with E-state index in [9.17, 15) is 0 Å². The van der Waals surface area contributed by atoms with Gasteiger partial charge in [0.15, 0.2) is 0 Å². The maximum atomic E-state index is 5.90. The second kappa shape index (κ2) is 6.07. The van der Waals surface area contributed by atoms with E-state index in [0.717, 1.165) is 22.1 Å². The Balaban J connectivity index is 2.11. The summed E-state index contributed by atoms with van der Waals surface area (Å²) in [6.45, 7) is 1.83. The molecule has 5 heteroatoms. The van der Waals surface area contributed by atoms with Gasteiger partial charge < -0.3 is 4.74 Å². The molecule has 1 aromatic carbocycles. The van der Waals surface area contributed by atoms with Crippen LogP contribution in [-0.2, 0) is 5.75 Å². The molecule has 0 saturated heterocycles. The zero-order valence-corrected chi connectivity index (χ0v) is 11.8. The Hall–Kier alpha value is -1.26. The minimum absolute atomic E-state index is 0.477. The van der Waals surface area contributed by atoms with Crippen LogP contribution < -0.4 is 4.74 Å². The van der Waals surface area contributed by atoms with Gasteiger partial charge in [0.1, 0.15) is 21.8 Å². The van der Waals surface area contributed by atoms with Gasteiger partial charge in [-0.2, -0.15) is 0 Å². The lowest BCUT2D eigenvalue weighted by Crippen LogP contribution is -1.92. The molecular weight excluding hydrogens is 268 g/mol. The smallest absolute Gasteiger partial charge is 0.133 e. The Labute approximate surface area is 116 Å². The Morgan fingerprint density at radius 1 is 1.28 bits per heavy atom. The average Bonchev–Trinajstić information content (AvgIpc) is 2.35. The number of thioether (sulfide) groups is 1. The SMILES string of the molecule is COc1ccccc1CSc1cc(Cl)nc(C)n1. The summed E-state index contributed by atoms with van der Waals surface area (Å²) < 4.78 is 5.31. The van der Waals surface area contributed by atoms with Gasteiger partial charge in [-0.3, -0.25) is 0 Å². The number of hydrogen-bond donors (Lipinski definition) is 0. The zero-order chi connectivity index (χ0) is 13.0. The number of rotatable bonds is 4. The summed E-state index contributed by atoms with van der Waals surface area (Å²) in [4.78, 5) is 8.37. The first-order valence-corrected chi connectivity index (χ1v) is 6.81. The van der Waals surface area contributed by atoms with Gasteiger partial charge in [-0.05, 0) is 13.0 Å². The van der Waals surface area contributed by atoms with Gasteiger partial charge in [0.25, 0.3) is 0 Å². The van der Waals surface area contributed by atoms with Crippen molar-refractivity contribution in [3.63, 3.8) is 0 Å². The molecule has 0 aliphatic rings. The number of nitrogens with zero attached hydrogens (tertiary/aromatic N) is 2. The van der Waals surface area contributed by atoms with Crippen molar-refractivity contribution in [3.8, 4) is 5.75 Å². The third-order valence-electron chi connectivity index (χ3n) is 2.35. The molecular formula is C13H13ClN2OS. The van der Waals surface area contributed by atoms with Crippen LogP contribution in [0.5, 0.6) is 5.75 Å². The Morgan fingerprint density at radius 2 is 2.06 bits per heavy atom. The Kier molecular flexibility index (Phi) is 4.44. The monoisotopic (exact) mass is 280 g/mol. The van der Waals surface area contributed by atoms with Crippen LogP contribution in [0, 0.1) is 6.92 Å². The van der Waals surface area contributed by atoms with Crippen LogP contribution in [0.2, 0.25) is 5.15 Å². The first-order chi connectivity index (χ1) is 8.69. The van der Waals surface area contributed by atoms with Gasteiger partial charge in [0.2, 0.25) is 0 Å². The fourth-order valence-electron chi connectivity index (χ4n) is 1.55. The number of aromatic nitrogens is 2. The number of hydrogen-bond acceptors (Lipinski definition) is 4. The van der Waals surface area contributed by atoms with Crippen LogP contribution in [0.15, 0.2) is 35.4 Å². The molecule has 0 spiro atoms. The van der Waals surface area contributed by atoms with Gasteiger partial charge in [0.05, 0.1) is 7.11 Å². The normalized spacial score (nSPS) is 10.4. The zero-order valence-electron chi connectivity index (χ0n) is 10.2. The number of methoxy groups -OCH3 is 1. The van der Waals surface area contributed by atoms with E-state index in [1.807, 2.05) is 31.2 Å². The predicted octanol–water partition coefficient (Wildman–Crippen LogP) is 3.74. The summed E-state index contributed by atoms with van der Waals surface area (Å²) in [6.07, 6.45) is 0. The second-order valence-corrected chi connectivity index (χ2v) is 5.06. The topological polar surface area (TPSA) is 35.0 Å². The lowest BCUT2D eigenvalue weighted by molar-refractivity contribution is 0.411. The highest BCUT2D eigenvalue weighted by Crippen LogP contribution is 2.27. The molecule has 2 aromatic rings. The summed E-state index contributed by atoms with van der Waals surface area (Å²) in [6, 6.07) is 9.72. The second-order valence-electron chi connectivity index (χ2n) is 3.68. The molecule has 0 radical (unpaired) electrons. The maximum Gasteiger partial charge on any atom is 0.133 e. The van der Waals surface area contributed by atoms with E-state index in [4.69, 9.17) is 16.3 Å². The molecule has 2 rings (SSSR count). The van der Waals surface area contributed by atoms with Crippen molar-refractivity contribution in [2.24, 2.45) is 0 Å². The molecule has 18 heavy (non-hydrogen) atoms. The van der Waals surface area contributed by atoms with Crippen molar-refractivity contribution < 1.29 is 4.74 Å². The van der Waals surface area contributed by atoms with Crippen molar-refractivity contribution >= 4 is 23.4 Å². The third-order valence-corrected chi connectivity index (χ3v) is 3.51. The molecule has 1 heterocycles. The van der Waals surface area contributed by atoms with Crippen molar-refractivity contribution in [3.05, 3.63) is 46.9 Å². The number of aryl methyl sites for hydroxylation is 1. The van der Waals surface area contributed by atoms with Crippen molar-refractivity contribution in [1.82, 2.24) is 9.97 Å². The van der Waals surface area contributed by atoms with Crippen LogP contribution in [0.1, 0.15) is 11.4 Å². The molecule has 0 saturated carbocycles. The summed E-state index contributed by atoms with van der Waals surface area (Å²) in [5, 5.41) is 1.35. The minimum atomic E-state index is 0.477. The molecule has 0 N–H and O–H groups in total. The maximum absolute atomic E-state index is 5.90. The van der Waals surface area contributed by atoms with E-state index in [1.165, 1.54) is 0 Å². The molecule has 94 valence electrons. The molecule has 0 aliphatic heterocycles. The van der Waals surface area contributed by atoms with E-state index in [-0.39, 0.29) is 0 Å². The van der Waals surface area contributed by atoms with E-state index < -0.39 is 0 Å².